The van der Waals surface area contributed by atoms with E-state index in [2.05, 4.69) is 0 Å². The average Bonchev–Trinajstić information content (AvgIpc) is 3.30. The second kappa shape index (κ2) is 11.7. The lowest BCUT2D eigenvalue weighted by Crippen LogP contribution is -2.58. The molecule has 3 amide bonds. The Bertz CT molecular complexity index is 1500. The second-order valence-corrected chi connectivity index (χ2v) is 14.0. The topological polar surface area (TPSA) is 90.4 Å². The number of aryl methyl sites for hydroxylation is 2. The van der Waals surface area contributed by atoms with Crippen LogP contribution < -0.4 is 14.5 Å². The molecule has 8 nitrogen and oxygen atoms in total. The number of carbonyl (C=O) groups is 3. The van der Waals surface area contributed by atoms with Crippen LogP contribution in [0.4, 0.5) is 11.4 Å². The van der Waals surface area contributed by atoms with E-state index in [-0.39, 0.29) is 35.5 Å². The first-order valence-electron chi connectivity index (χ1n) is 15.5. The maximum atomic E-state index is 14.9. The first-order valence-corrected chi connectivity index (χ1v) is 16.4. The van der Waals surface area contributed by atoms with Gasteiger partial charge < -0.3 is 24.5 Å². The van der Waals surface area contributed by atoms with Crippen LogP contribution in [0.5, 0.6) is 5.75 Å². The summed E-state index contributed by atoms with van der Waals surface area (Å²) in [6.07, 6.45) is 8.06. The number of aliphatic hydroxyl groups is 1. The van der Waals surface area contributed by atoms with Crippen LogP contribution in [-0.4, -0.2) is 76.1 Å². The number of fused-ring (bicyclic) bond motifs is 2. The van der Waals surface area contributed by atoms with Crippen molar-refractivity contribution < 1.29 is 24.2 Å². The molecule has 4 heterocycles. The van der Waals surface area contributed by atoms with Crippen molar-refractivity contribution in [2.75, 3.05) is 36.1 Å². The molecule has 0 aromatic heterocycles. The van der Waals surface area contributed by atoms with Crippen molar-refractivity contribution in [2.24, 2.45) is 17.8 Å². The molecule has 2 aromatic rings. The molecule has 4 aliphatic heterocycles. The van der Waals surface area contributed by atoms with Crippen LogP contribution >= 0.6 is 11.8 Å². The van der Waals surface area contributed by atoms with E-state index in [0.717, 1.165) is 28.3 Å². The molecule has 6 rings (SSSR count). The van der Waals surface area contributed by atoms with Crippen LogP contribution in [0.25, 0.3) is 0 Å². The van der Waals surface area contributed by atoms with Gasteiger partial charge in [-0.05, 0) is 62.1 Å². The lowest BCUT2D eigenvalue weighted by atomic mass is 9.78. The van der Waals surface area contributed by atoms with Crippen LogP contribution in [0.15, 0.2) is 66.8 Å². The fourth-order valence-corrected chi connectivity index (χ4v) is 9.60. The number of aliphatic hydroxyl groups excluding tert-OH is 1. The Morgan fingerprint density at radius 1 is 0.955 bits per heavy atom. The van der Waals surface area contributed by atoms with Crippen LogP contribution in [0.2, 0.25) is 0 Å². The van der Waals surface area contributed by atoms with E-state index in [1.54, 1.807) is 26.5 Å². The van der Waals surface area contributed by atoms with E-state index in [4.69, 9.17) is 4.74 Å². The molecule has 2 aromatic carbocycles. The number of carbonyl (C=O) groups excluding carboxylic acids is 3. The van der Waals surface area contributed by atoms with E-state index < -0.39 is 28.7 Å². The zero-order valence-corrected chi connectivity index (χ0v) is 26.8. The van der Waals surface area contributed by atoms with Crippen molar-refractivity contribution in [3.63, 3.8) is 0 Å². The number of rotatable bonds is 7. The number of amides is 3. The SMILES string of the molecule is CCOc1ccc(N2CC=C[C@H]3S[C@]45C=CCN(c6c(C)cccc6C)C(=O)C4N([C@@H](CO)C(C)C)C(=O)[C@@H]5[C@H]3C2=O)cc1. The lowest BCUT2D eigenvalue weighted by Gasteiger charge is -2.40. The maximum absolute atomic E-state index is 14.9. The summed E-state index contributed by atoms with van der Waals surface area (Å²) in [6, 6.07) is 12.0. The molecular weight excluding hydrogens is 574 g/mol. The summed E-state index contributed by atoms with van der Waals surface area (Å²) in [4.78, 5) is 49.3. The van der Waals surface area contributed by atoms with Gasteiger partial charge in [0.2, 0.25) is 11.8 Å². The van der Waals surface area contributed by atoms with Crippen molar-refractivity contribution >= 4 is 40.9 Å². The van der Waals surface area contributed by atoms with Gasteiger partial charge in [0.1, 0.15) is 11.8 Å². The number of anilines is 2. The summed E-state index contributed by atoms with van der Waals surface area (Å²) in [6.45, 7) is 10.9. The highest BCUT2D eigenvalue weighted by molar-refractivity contribution is 8.02. The summed E-state index contributed by atoms with van der Waals surface area (Å²) in [7, 11) is 0. The zero-order valence-electron chi connectivity index (χ0n) is 26.0. The summed E-state index contributed by atoms with van der Waals surface area (Å²) >= 11 is 1.56. The monoisotopic (exact) mass is 615 g/mol. The van der Waals surface area contributed by atoms with E-state index in [1.165, 1.54) is 0 Å². The third-order valence-electron chi connectivity index (χ3n) is 9.58. The Balaban J connectivity index is 1.46. The van der Waals surface area contributed by atoms with Crippen molar-refractivity contribution in [1.29, 1.82) is 0 Å². The number of benzene rings is 2. The number of hydrogen-bond acceptors (Lipinski definition) is 6. The van der Waals surface area contributed by atoms with Gasteiger partial charge in [-0.3, -0.25) is 14.4 Å². The quantitative estimate of drug-likeness (QED) is 0.461. The van der Waals surface area contributed by atoms with Crippen LogP contribution in [0, 0.1) is 31.6 Å². The molecule has 9 heteroatoms. The van der Waals surface area contributed by atoms with Gasteiger partial charge >= 0.3 is 0 Å². The maximum Gasteiger partial charge on any atom is 0.251 e. The first kappa shape index (κ1) is 30.5. The van der Waals surface area contributed by atoms with E-state index in [1.807, 2.05) is 101 Å². The molecule has 6 atom stereocenters. The summed E-state index contributed by atoms with van der Waals surface area (Å²) in [5.41, 5.74) is 3.53. The number of hydrogen-bond donors (Lipinski definition) is 1. The third kappa shape index (κ3) is 4.67. The van der Waals surface area contributed by atoms with Crippen LogP contribution in [0.1, 0.15) is 31.9 Å². The minimum absolute atomic E-state index is 0.0978. The first-order chi connectivity index (χ1) is 21.1. The van der Waals surface area contributed by atoms with Gasteiger partial charge in [-0.2, -0.15) is 0 Å². The molecule has 2 saturated heterocycles. The number of ether oxygens (including phenoxy) is 1. The second-order valence-electron chi connectivity index (χ2n) is 12.5. The van der Waals surface area contributed by atoms with Gasteiger partial charge in [0, 0.05) is 29.7 Å². The number of thioether (sulfide) groups is 1. The molecule has 0 bridgehead atoms. The minimum atomic E-state index is -0.959. The molecule has 4 aliphatic rings. The van der Waals surface area contributed by atoms with Gasteiger partial charge in [0.15, 0.2) is 0 Å². The van der Waals surface area contributed by atoms with Crippen molar-refractivity contribution in [2.45, 2.75) is 56.7 Å². The van der Waals surface area contributed by atoms with Gasteiger partial charge in [-0.15, -0.1) is 11.8 Å². The van der Waals surface area contributed by atoms with Crippen molar-refractivity contribution in [3.05, 3.63) is 77.9 Å². The molecule has 1 spiro atoms. The lowest BCUT2D eigenvalue weighted by molar-refractivity contribution is -0.142. The van der Waals surface area contributed by atoms with Gasteiger partial charge in [0.05, 0.1) is 35.8 Å². The standard InChI is InChI=1S/C35H41N3O5S/c1-6-43-25-15-13-24(14-16-25)36-18-8-12-27-28(32(36)40)29-33(41)38(26(20-39)21(2)3)31-34(42)37(19-9-17-35(29,31)44-27)30-22(4)10-7-11-23(30)5/h7-17,21,26-29,31,39H,6,18-20H2,1-5H3/t26-,27+,28-,29-,31?,35-/m0/s1. The number of likely N-dealkylation sites (tertiary alicyclic amines) is 1. The van der Waals surface area contributed by atoms with Crippen molar-refractivity contribution in [3.8, 4) is 5.75 Å². The van der Waals surface area contributed by atoms with Gasteiger partial charge in [-0.25, -0.2) is 0 Å². The Labute approximate surface area is 263 Å². The largest absolute Gasteiger partial charge is 0.494 e. The third-order valence-corrected chi connectivity index (χ3v) is 11.3. The van der Waals surface area contributed by atoms with Crippen LogP contribution in [0.3, 0.4) is 0 Å². The Morgan fingerprint density at radius 2 is 1.64 bits per heavy atom. The predicted molar refractivity (Wildman–Crippen MR) is 174 cm³/mol. The van der Waals surface area contributed by atoms with E-state index in [0.29, 0.717) is 19.7 Å². The highest BCUT2D eigenvalue weighted by Crippen LogP contribution is 2.62. The van der Waals surface area contributed by atoms with Gasteiger partial charge in [-0.1, -0.05) is 56.4 Å². The van der Waals surface area contributed by atoms with Crippen molar-refractivity contribution in [1.82, 2.24) is 4.90 Å². The summed E-state index contributed by atoms with van der Waals surface area (Å²) in [5.74, 6) is -1.33. The smallest absolute Gasteiger partial charge is 0.251 e. The summed E-state index contributed by atoms with van der Waals surface area (Å²) < 4.78 is 4.65. The highest BCUT2D eigenvalue weighted by Gasteiger charge is 2.72. The molecule has 0 radical (unpaired) electrons. The molecule has 1 unspecified atom stereocenters. The highest BCUT2D eigenvalue weighted by atomic mass is 32.2. The molecule has 1 N–H and O–H groups in total. The molecule has 0 aliphatic carbocycles. The summed E-state index contributed by atoms with van der Waals surface area (Å²) in [5, 5.41) is 10.3. The number of nitrogens with zero attached hydrogens (tertiary/aromatic N) is 3. The predicted octanol–water partition coefficient (Wildman–Crippen LogP) is 4.52. The minimum Gasteiger partial charge on any atom is -0.494 e. The van der Waals surface area contributed by atoms with Crippen LogP contribution in [-0.2, 0) is 14.4 Å². The Hall–Kier alpha value is -3.56. The van der Waals surface area contributed by atoms with E-state index >= 15 is 0 Å². The Morgan fingerprint density at radius 3 is 2.27 bits per heavy atom. The molecule has 232 valence electrons. The molecule has 0 saturated carbocycles. The Kier molecular flexibility index (Phi) is 8.13. The molecular formula is C35H41N3O5S. The zero-order chi connectivity index (χ0) is 31.3. The normalized spacial score (nSPS) is 28.6. The van der Waals surface area contributed by atoms with Gasteiger partial charge in [0.25, 0.3) is 5.91 Å². The van der Waals surface area contributed by atoms with E-state index in [9.17, 15) is 19.5 Å². The molecule has 2 fully saturated rings. The number of para-hydroxylation sites is 1. The fraction of sp³-hybridized carbons (Fsp3) is 0.457. The fourth-order valence-electron chi connectivity index (χ4n) is 7.61. The average molecular weight is 616 g/mol. The molecule has 44 heavy (non-hydrogen) atoms.